The molecule has 130 valence electrons. The summed E-state index contributed by atoms with van der Waals surface area (Å²) in [6, 6.07) is 9.01. The van der Waals surface area contributed by atoms with Crippen molar-refractivity contribution in [3.05, 3.63) is 47.7 Å². The van der Waals surface area contributed by atoms with Crippen molar-refractivity contribution >= 4 is 11.2 Å². The minimum atomic E-state index is 0.739. The van der Waals surface area contributed by atoms with Crippen LogP contribution in [0.2, 0.25) is 0 Å². The molecule has 0 unspecified atom stereocenters. The molecule has 1 aliphatic rings. The fourth-order valence-electron chi connectivity index (χ4n) is 3.94. The molecule has 1 fully saturated rings. The van der Waals surface area contributed by atoms with Gasteiger partial charge in [-0.3, -0.25) is 4.57 Å². The Morgan fingerprint density at radius 2 is 1.72 bits per heavy atom. The van der Waals surface area contributed by atoms with Crippen LogP contribution in [0.25, 0.3) is 16.9 Å². The van der Waals surface area contributed by atoms with Crippen molar-refractivity contribution in [2.24, 2.45) is 0 Å². The molecule has 0 aliphatic heterocycles. The molecule has 2 heterocycles. The molecular formula is C21H26N4. The van der Waals surface area contributed by atoms with E-state index in [0.29, 0.717) is 0 Å². The standard InChI is InChI=1S/C21H26N4/c1-3-18-20-21(24-19(4-2)23-18)25(14-22-20)17-12-10-16(11-13-17)15-8-6-5-7-9-15/h10-15H,3-9H2,1-2H3. The van der Waals surface area contributed by atoms with Crippen LogP contribution in [0.1, 0.15) is 69.0 Å². The summed E-state index contributed by atoms with van der Waals surface area (Å²) in [4.78, 5) is 14.0. The lowest BCUT2D eigenvalue weighted by Crippen LogP contribution is -2.05. The van der Waals surface area contributed by atoms with E-state index in [1.54, 1.807) is 0 Å². The van der Waals surface area contributed by atoms with Crippen molar-refractivity contribution in [3.63, 3.8) is 0 Å². The lowest BCUT2D eigenvalue weighted by molar-refractivity contribution is 0.443. The molecule has 4 nitrogen and oxygen atoms in total. The van der Waals surface area contributed by atoms with Crippen molar-refractivity contribution in [1.29, 1.82) is 0 Å². The Morgan fingerprint density at radius 1 is 0.960 bits per heavy atom. The third-order valence-corrected chi connectivity index (χ3v) is 5.41. The summed E-state index contributed by atoms with van der Waals surface area (Å²) < 4.78 is 2.10. The number of aromatic nitrogens is 4. The van der Waals surface area contributed by atoms with E-state index in [1.807, 2.05) is 6.33 Å². The summed E-state index contributed by atoms with van der Waals surface area (Å²) >= 11 is 0. The van der Waals surface area contributed by atoms with E-state index in [1.165, 1.54) is 37.7 Å². The SMILES string of the molecule is CCc1nc(CC)c2ncn(-c3ccc(C4CCCCC4)cc3)c2n1. The number of imidazole rings is 1. The molecule has 0 bridgehead atoms. The number of fused-ring (bicyclic) bond motifs is 1. The van der Waals surface area contributed by atoms with Gasteiger partial charge in [0.2, 0.25) is 0 Å². The van der Waals surface area contributed by atoms with E-state index < -0.39 is 0 Å². The van der Waals surface area contributed by atoms with Crippen LogP contribution in [0.15, 0.2) is 30.6 Å². The van der Waals surface area contributed by atoms with Gasteiger partial charge in [0.15, 0.2) is 5.65 Å². The summed E-state index contributed by atoms with van der Waals surface area (Å²) in [5, 5.41) is 0. The number of hydrogen-bond donors (Lipinski definition) is 0. The molecule has 0 spiro atoms. The van der Waals surface area contributed by atoms with E-state index in [4.69, 9.17) is 4.98 Å². The highest BCUT2D eigenvalue weighted by molar-refractivity contribution is 5.75. The van der Waals surface area contributed by atoms with Gasteiger partial charge < -0.3 is 0 Å². The minimum Gasteiger partial charge on any atom is -0.283 e. The van der Waals surface area contributed by atoms with Crippen LogP contribution in [-0.2, 0) is 12.8 Å². The van der Waals surface area contributed by atoms with Gasteiger partial charge in [0, 0.05) is 12.1 Å². The highest BCUT2D eigenvalue weighted by Gasteiger charge is 2.16. The van der Waals surface area contributed by atoms with Crippen molar-refractivity contribution < 1.29 is 0 Å². The third kappa shape index (κ3) is 3.06. The van der Waals surface area contributed by atoms with Crippen molar-refractivity contribution in [2.75, 3.05) is 0 Å². The molecule has 0 saturated heterocycles. The molecule has 25 heavy (non-hydrogen) atoms. The molecule has 0 atom stereocenters. The largest absolute Gasteiger partial charge is 0.283 e. The van der Waals surface area contributed by atoms with Gasteiger partial charge in [-0.15, -0.1) is 0 Å². The fourth-order valence-corrected chi connectivity index (χ4v) is 3.94. The maximum atomic E-state index is 4.74. The molecule has 2 aromatic heterocycles. The van der Waals surface area contributed by atoms with Gasteiger partial charge >= 0.3 is 0 Å². The number of benzene rings is 1. The molecule has 0 amide bonds. The highest BCUT2D eigenvalue weighted by Crippen LogP contribution is 2.33. The van der Waals surface area contributed by atoms with Crippen LogP contribution in [0.4, 0.5) is 0 Å². The molecule has 0 N–H and O–H groups in total. The zero-order chi connectivity index (χ0) is 17.2. The maximum Gasteiger partial charge on any atom is 0.168 e. The lowest BCUT2D eigenvalue weighted by atomic mass is 9.84. The number of nitrogens with zero attached hydrogens (tertiary/aromatic N) is 4. The van der Waals surface area contributed by atoms with E-state index in [9.17, 15) is 0 Å². The van der Waals surface area contributed by atoms with E-state index in [-0.39, 0.29) is 0 Å². The molecular weight excluding hydrogens is 308 g/mol. The van der Waals surface area contributed by atoms with E-state index in [0.717, 1.165) is 47.1 Å². The Kier molecular flexibility index (Phi) is 4.51. The first-order chi connectivity index (χ1) is 12.3. The first-order valence-electron chi connectivity index (χ1n) is 9.63. The Balaban J connectivity index is 1.71. The van der Waals surface area contributed by atoms with Crippen molar-refractivity contribution in [1.82, 2.24) is 19.5 Å². The van der Waals surface area contributed by atoms with Crippen LogP contribution < -0.4 is 0 Å². The second-order valence-electron chi connectivity index (χ2n) is 7.01. The Bertz CT molecular complexity index is 857. The lowest BCUT2D eigenvalue weighted by Gasteiger charge is -2.22. The molecule has 1 aliphatic carbocycles. The first kappa shape index (κ1) is 16.2. The van der Waals surface area contributed by atoms with Crippen molar-refractivity contribution in [2.45, 2.75) is 64.7 Å². The Morgan fingerprint density at radius 3 is 2.40 bits per heavy atom. The zero-order valence-corrected chi connectivity index (χ0v) is 15.2. The van der Waals surface area contributed by atoms with Crippen LogP contribution in [0.3, 0.4) is 0 Å². The van der Waals surface area contributed by atoms with E-state index in [2.05, 4.69) is 52.6 Å². The van der Waals surface area contributed by atoms with Gasteiger partial charge in [-0.2, -0.15) is 0 Å². The van der Waals surface area contributed by atoms with Gasteiger partial charge in [0.1, 0.15) is 17.7 Å². The maximum absolute atomic E-state index is 4.74. The Labute approximate surface area is 149 Å². The summed E-state index contributed by atoms with van der Waals surface area (Å²) in [5.41, 5.74) is 5.50. The van der Waals surface area contributed by atoms with Crippen LogP contribution >= 0.6 is 0 Å². The van der Waals surface area contributed by atoms with Crippen molar-refractivity contribution in [3.8, 4) is 5.69 Å². The Hall–Kier alpha value is -2.23. The van der Waals surface area contributed by atoms with Gasteiger partial charge in [0.25, 0.3) is 0 Å². The third-order valence-electron chi connectivity index (χ3n) is 5.41. The summed E-state index contributed by atoms with van der Waals surface area (Å²) in [6.07, 6.45) is 10.4. The predicted octanol–water partition coefficient (Wildman–Crippen LogP) is 4.99. The van der Waals surface area contributed by atoms with Crippen LogP contribution in [0.5, 0.6) is 0 Å². The second-order valence-corrected chi connectivity index (χ2v) is 7.01. The molecule has 4 rings (SSSR count). The minimum absolute atomic E-state index is 0.739. The molecule has 3 aromatic rings. The molecule has 1 saturated carbocycles. The monoisotopic (exact) mass is 334 g/mol. The molecule has 4 heteroatoms. The first-order valence-corrected chi connectivity index (χ1v) is 9.63. The van der Waals surface area contributed by atoms with E-state index >= 15 is 0 Å². The summed E-state index contributed by atoms with van der Waals surface area (Å²) in [7, 11) is 0. The average molecular weight is 334 g/mol. The quantitative estimate of drug-likeness (QED) is 0.675. The number of rotatable bonds is 4. The van der Waals surface area contributed by atoms with Gasteiger partial charge in [-0.25, -0.2) is 15.0 Å². The summed E-state index contributed by atoms with van der Waals surface area (Å²) in [5.74, 6) is 1.63. The molecule has 0 radical (unpaired) electrons. The zero-order valence-electron chi connectivity index (χ0n) is 15.2. The predicted molar refractivity (Wildman–Crippen MR) is 101 cm³/mol. The summed E-state index contributed by atoms with van der Waals surface area (Å²) in [6.45, 7) is 4.22. The van der Waals surface area contributed by atoms with Gasteiger partial charge in [-0.1, -0.05) is 45.2 Å². The molecule has 1 aromatic carbocycles. The number of hydrogen-bond acceptors (Lipinski definition) is 3. The van der Waals surface area contributed by atoms with Gasteiger partial charge in [-0.05, 0) is 42.9 Å². The van der Waals surface area contributed by atoms with Gasteiger partial charge in [0.05, 0.1) is 5.69 Å². The highest BCUT2D eigenvalue weighted by atomic mass is 15.1. The average Bonchev–Trinajstić information content (AvgIpc) is 3.12. The topological polar surface area (TPSA) is 43.6 Å². The van der Waals surface area contributed by atoms with Crippen LogP contribution in [-0.4, -0.2) is 19.5 Å². The fraction of sp³-hybridized carbons (Fsp3) is 0.476. The van der Waals surface area contributed by atoms with Crippen LogP contribution in [0, 0.1) is 0 Å². The normalized spacial score (nSPS) is 15.8. The number of aryl methyl sites for hydroxylation is 2. The smallest absolute Gasteiger partial charge is 0.168 e. The second kappa shape index (κ2) is 6.95.